The van der Waals surface area contributed by atoms with Gasteiger partial charge in [-0.15, -0.1) is 5.10 Å². The molecule has 2 aromatic heterocycles. The SMILES string of the molecule is CC[C@H]1O[C@@H](n2nnc3c(NCc4ccccc4Cl)nc(Cl)nc32)[C@@H]2OC(C)(C)O[C@@H]21. The lowest BCUT2D eigenvalue weighted by molar-refractivity contribution is -0.198. The van der Waals surface area contributed by atoms with Crippen LogP contribution < -0.4 is 5.32 Å². The average molecular weight is 465 g/mol. The van der Waals surface area contributed by atoms with Crippen molar-refractivity contribution in [3.8, 4) is 0 Å². The van der Waals surface area contributed by atoms with Gasteiger partial charge < -0.3 is 19.5 Å². The molecule has 1 N–H and O–H groups in total. The van der Waals surface area contributed by atoms with E-state index in [4.69, 9.17) is 37.4 Å². The molecule has 0 unspecified atom stereocenters. The lowest BCUT2D eigenvalue weighted by Gasteiger charge is -2.23. The van der Waals surface area contributed by atoms with Gasteiger partial charge in [-0.3, -0.25) is 0 Å². The molecule has 164 valence electrons. The number of hydrogen-bond donors (Lipinski definition) is 1. The fourth-order valence-corrected chi connectivity index (χ4v) is 4.47. The molecule has 0 aliphatic carbocycles. The van der Waals surface area contributed by atoms with Crippen LogP contribution in [0.3, 0.4) is 0 Å². The zero-order valence-electron chi connectivity index (χ0n) is 17.2. The maximum absolute atomic E-state index is 6.26. The van der Waals surface area contributed by atoms with E-state index in [0.717, 1.165) is 12.0 Å². The number of hydrogen-bond acceptors (Lipinski definition) is 8. The molecule has 2 saturated heterocycles. The minimum atomic E-state index is -0.699. The molecule has 31 heavy (non-hydrogen) atoms. The highest BCUT2D eigenvalue weighted by atomic mass is 35.5. The Bertz CT molecular complexity index is 1120. The van der Waals surface area contributed by atoms with E-state index in [1.807, 2.05) is 45.0 Å². The predicted molar refractivity (Wildman–Crippen MR) is 115 cm³/mol. The molecule has 0 amide bonds. The third kappa shape index (κ3) is 3.74. The van der Waals surface area contributed by atoms with Gasteiger partial charge in [-0.25, -0.2) is 0 Å². The molecule has 0 radical (unpaired) electrons. The number of rotatable bonds is 5. The first kappa shape index (κ1) is 20.8. The zero-order chi connectivity index (χ0) is 21.8. The Hall–Kier alpha value is -2.04. The smallest absolute Gasteiger partial charge is 0.226 e. The van der Waals surface area contributed by atoms with E-state index in [2.05, 4.69) is 25.6 Å². The van der Waals surface area contributed by atoms with E-state index in [9.17, 15) is 0 Å². The molecule has 11 heteroatoms. The van der Waals surface area contributed by atoms with E-state index < -0.39 is 12.0 Å². The van der Waals surface area contributed by atoms with Crippen molar-refractivity contribution in [2.24, 2.45) is 0 Å². The van der Waals surface area contributed by atoms with E-state index >= 15 is 0 Å². The number of nitrogens with zero attached hydrogens (tertiary/aromatic N) is 5. The summed E-state index contributed by atoms with van der Waals surface area (Å²) in [5, 5.41) is 12.6. The quantitative estimate of drug-likeness (QED) is 0.566. The summed E-state index contributed by atoms with van der Waals surface area (Å²) in [4.78, 5) is 8.66. The first-order chi connectivity index (χ1) is 14.9. The van der Waals surface area contributed by atoms with Crippen molar-refractivity contribution in [2.45, 2.75) is 64.1 Å². The predicted octanol–water partition coefficient (Wildman–Crippen LogP) is 3.97. The van der Waals surface area contributed by atoms with Crippen LogP contribution >= 0.6 is 23.2 Å². The van der Waals surface area contributed by atoms with Crippen LogP contribution in [0.15, 0.2) is 24.3 Å². The van der Waals surface area contributed by atoms with Crippen molar-refractivity contribution in [3.05, 3.63) is 40.1 Å². The Morgan fingerprint density at radius 1 is 1.13 bits per heavy atom. The summed E-state index contributed by atoms with van der Waals surface area (Å²) in [6.45, 7) is 6.28. The first-order valence-corrected chi connectivity index (χ1v) is 10.9. The van der Waals surface area contributed by atoms with Gasteiger partial charge in [0, 0.05) is 11.6 Å². The lowest BCUT2D eigenvalue weighted by atomic mass is 10.1. The Balaban J connectivity index is 1.48. The van der Waals surface area contributed by atoms with Crippen LogP contribution in [-0.4, -0.2) is 49.1 Å². The highest BCUT2D eigenvalue weighted by Gasteiger charge is 2.56. The van der Waals surface area contributed by atoms with Gasteiger partial charge in [0.25, 0.3) is 0 Å². The topological polar surface area (TPSA) is 96.2 Å². The molecule has 2 fully saturated rings. The van der Waals surface area contributed by atoms with E-state index in [0.29, 0.717) is 28.5 Å². The van der Waals surface area contributed by atoms with Crippen molar-refractivity contribution in [1.29, 1.82) is 0 Å². The number of anilines is 1. The van der Waals surface area contributed by atoms with Crippen molar-refractivity contribution in [3.63, 3.8) is 0 Å². The zero-order valence-corrected chi connectivity index (χ0v) is 18.8. The monoisotopic (exact) mass is 464 g/mol. The molecule has 0 spiro atoms. The molecular formula is C20H22Cl2N6O3. The Morgan fingerprint density at radius 3 is 2.68 bits per heavy atom. The summed E-state index contributed by atoms with van der Waals surface area (Å²) >= 11 is 12.5. The van der Waals surface area contributed by atoms with Gasteiger partial charge in [-0.2, -0.15) is 14.6 Å². The van der Waals surface area contributed by atoms with Crippen molar-refractivity contribution >= 4 is 40.2 Å². The fraction of sp³-hybridized carbons (Fsp3) is 0.500. The minimum Gasteiger partial charge on any atom is -0.364 e. The van der Waals surface area contributed by atoms with Crippen LogP contribution in [0.1, 0.15) is 39.0 Å². The largest absolute Gasteiger partial charge is 0.364 e. The van der Waals surface area contributed by atoms with Crippen LogP contribution in [0.2, 0.25) is 10.3 Å². The maximum atomic E-state index is 6.26. The number of nitrogens with one attached hydrogen (secondary N) is 1. The third-order valence-electron chi connectivity index (χ3n) is 5.47. The third-order valence-corrected chi connectivity index (χ3v) is 6.01. The van der Waals surface area contributed by atoms with Gasteiger partial charge >= 0.3 is 0 Å². The number of fused-ring (bicyclic) bond motifs is 2. The Labute approximate surface area is 189 Å². The van der Waals surface area contributed by atoms with Crippen LogP contribution in [0.4, 0.5) is 5.82 Å². The van der Waals surface area contributed by atoms with Gasteiger partial charge in [-0.1, -0.05) is 41.9 Å². The van der Waals surface area contributed by atoms with Gasteiger partial charge in [0.1, 0.15) is 12.2 Å². The lowest BCUT2D eigenvalue weighted by Crippen LogP contribution is -2.28. The van der Waals surface area contributed by atoms with Crippen molar-refractivity contribution in [2.75, 3.05) is 5.32 Å². The number of aromatic nitrogens is 5. The Kier molecular flexibility index (Phi) is 5.26. The summed E-state index contributed by atoms with van der Waals surface area (Å²) in [5.74, 6) is -0.234. The van der Waals surface area contributed by atoms with Crippen LogP contribution in [-0.2, 0) is 20.8 Å². The summed E-state index contributed by atoms with van der Waals surface area (Å²) < 4.78 is 20.0. The van der Waals surface area contributed by atoms with Crippen LogP contribution in [0.5, 0.6) is 0 Å². The molecular weight excluding hydrogens is 443 g/mol. The first-order valence-electron chi connectivity index (χ1n) is 10.1. The van der Waals surface area contributed by atoms with E-state index in [1.54, 1.807) is 4.68 Å². The van der Waals surface area contributed by atoms with Crippen molar-refractivity contribution in [1.82, 2.24) is 25.0 Å². The van der Waals surface area contributed by atoms with E-state index in [-0.39, 0.29) is 23.6 Å². The minimum absolute atomic E-state index is 0.0724. The molecule has 0 bridgehead atoms. The highest BCUT2D eigenvalue weighted by molar-refractivity contribution is 6.31. The normalized spacial score (nSPS) is 27.0. The van der Waals surface area contributed by atoms with Gasteiger partial charge in [0.15, 0.2) is 29.0 Å². The second kappa shape index (κ2) is 7.83. The Morgan fingerprint density at radius 2 is 1.90 bits per heavy atom. The molecule has 3 aromatic rings. The maximum Gasteiger partial charge on any atom is 0.226 e. The second-order valence-electron chi connectivity index (χ2n) is 8.03. The molecule has 2 aliphatic heterocycles. The molecule has 4 heterocycles. The second-order valence-corrected chi connectivity index (χ2v) is 8.78. The summed E-state index contributed by atoms with van der Waals surface area (Å²) in [6, 6.07) is 7.57. The molecule has 4 atom stereocenters. The molecule has 5 rings (SSSR count). The summed E-state index contributed by atoms with van der Waals surface area (Å²) in [6.07, 6.45) is -0.405. The van der Waals surface area contributed by atoms with Gasteiger partial charge in [-0.05, 0) is 43.5 Å². The van der Waals surface area contributed by atoms with Crippen molar-refractivity contribution < 1.29 is 14.2 Å². The summed E-state index contributed by atoms with van der Waals surface area (Å²) in [7, 11) is 0. The molecule has 1 aromatic carbocycles. The molecule has 2 aliphatic rings. The van der Waals surface area contributed by atoms with Crippen LogP contribution in [0.25, 0.3) is 11.2 Å². The summed E-state index contributed by atoms with van der Waals surface area (Å²) in [5.41, 5.74) is 1.86. The highest BCUT2D eigenvalue weighted by Crippen LogP contribution is 2.44. The number of halogens is 2. The standard InChI is InChI=1S/C20H22Cl2N6O3/c1-4-12-14-15(31-20(2,3)30-14)18(29-12)28-17-13(26-27-28)16(24-19(22)25-17)23-9-10-7-5-6-8-11(10)21/h5-8,12,14-15,18H,4,9H2,1-3H3,(H,23,24,25)/t12-,14-,15-,18-/m1/s1. The average Bonchev–Trinajstić information content (AvgIpc) is 3.37. The number of benzene rings is 1. The molecule has 0 saturated carbocycles. The van der Waals surface area contributed by atoms with E-state index in [1.165, 1.54) is 0 Å². The van der Waals surface area contributed by atoms with Gasteiger partial charge in [0.05, 0.1) is 6.10 Å². The fourth-order valence-electron chi connectivity index (χ4n) is 4.10. The molecule has 9 nitrogen and oxygen atoms in total. The number of ether oxygens (including phenoxy) is 3. The van der Waals surface area contributed by atoms with Gasteiger partial charge in [0.2, 0.25) is 5.28 Å². The van der Waals surface area contributed by atoms with Crippen LogP contribution in [0, 0.1) is 0 Å².